The van der Waals surface area contributed by atoms with Crippen LogP contribution in [0.4, 0.5) is 0 Å². The largest absolute Gasteiger partial charge is 0.375 e. The molecule has 1 N–H and O–H groups in total. The van der Waals surface area contributed by atoms with Crippen molar-refractivity contribution < 1.29 is 4.74 Å². The van der Waals surface area contributed by atoms with Gasteiger partial charge in [-0.05, 0) is 28.8 Å². The fourth-order valence-corrected chi connectivity index (χ4v) is 2.89. The lowest BCUT2D eigenvalue weighted by atomic mass is 9.99. The summed E-state index contributed by atoms with van der Waals surface area (Å²) < 4.78 is 6.77. The first-order valence-electron chi connectivity index (χ1n) is 6.46. The quantitative estimate of drug-likeness (QED) is 0.929. The molecule has 2 nitrogen and oxygen atoms in total. The SMILES string of the molecule is Brc1cccc(CNC2COCc3ccccc32)c1. The van der Waals surface area contributed by atoms with Crippen LogP contribution in [0.5, 0.6) is 0 Å². The van der Waals surface area contributed by atoms with E-state index in [2.05, 4.69) is 63.7 Å². The molecule has 1 heterocycles. The standard InChI is InChI=1S/C16H16BrNO/c17-14-6-3-4-12(8-14)9-18-16-11-19-10-13-5-1-2-7-15(13)16/h1-8,16,18H,9-11H2. The molecule has 98 valence electrons. The van der Waals surface area contributed by atoms with Crippen LogP contribution in [0.2, 0.25) is 0 Å². The van der Waals surface area contributed by atoms with Crippen LogP contribution in [0.15, 0.2) is 53.0 Å². The van der Waals surface area contributed by atoms with Crippen LogP contribution in [0, 0.1) is 0 Å². The lowest BCUT2D eigenvalue weighted by molar-refractivity contribution is 0.0817. The van der Waals surface area contributed by atoms with E-state index in [1.54, 1.807) is 0 Å². The van der Waals surface area contributed by atoms with Gasteiger partial charge >= 0.3 is 0 Å². The first kappa shape index (κ1) is 12.9. The highest BCUT2D eigenvalue weighted by Crippen LogP contribution is 2.24. The van der Waals surface area contributed by atoms with Crippen molar-refractivity contribution in [3.63, 3.8) is 0 Å². The fraction of sp³-hybridized carbons (Fsp3) is 0.250. The number of fused-ring (bicyclic) bond motifs is 1. The van der Waals surface area contributed by atoms with Gasteiger partial charge in [-0.15, -0.1) is 0 Å². The third-order valence-corrected chi connectivity index (χ3v) is 3.91. The Morgan fingerprint density at radius 2 is 2.05 bits per heavy atom. The van der Waals surface area contributed by atoms with Gasteiger partial charge in [0.05, 0.1) is 19.3 Å². The van der Waals surface area contributed by atoms with Gasteiger partial charge in [0.25, 0.3) is 0 Å². The summed E-state index contributed by atoms with van der Waals surface area (Å²) in [7, 11) is 0. The van der Waals surface area contributed by atoms with E-state index >= 15 is 0 Å². The van der Waals surface area contributed by atoms with Gasteiger partial charge < -0.3 is 10.1 Å². The first-order chi connectivity index (χ1) is 9.33. The molecule has 3 rings (SSSR count). The highest BCUT2D eigenvalue weighted by molar-refractivity contribution is 9.10. The Labute approximate surface area is 121 Å². The lowest BCUT2D eigenvalue weighted by Crippen LogP contribution is -2.29. The maximum Gasteiger partial charge on any atom is 0.0721 e. The number of nitrogens with one attached hydrogen (secondary N) is 1. The number of hydrogen-bond acceptors (Lipinski definition) is 2. The second-order valence-electron chi connectivity index (χ2n) is 4.78. The fourth-order valence-electron chi connectivity index (χ4n) is 2.44. The monoisotopic (exact) mass is 317 g/mol. The predicted molar refractivity (Wildman–Crippen MR) is 79.8 cm³/mol. The molecule has 0 saturated heterocycles. The van der Waals surface area contributed by atoms with Crippen LogP contribution < -0.4 is 5.32 Å². The van der Waals surface area contributed by atoms with Crippen LogP contribution in [0.25, 0.3) is 0 Å². The van der Waals surface area contributed by atoms with Gasteiger partial charge in [0.1, 0.15) is 0 Å². The summed E-state index contributed by atoms with van der Waals surface area (Å²) in [5.41, 5.74) is 3.93. The molecule has 0 bridgehead atoms. The van der Waals surface area contributed by atoms with Crippen molar-refractivity contribution in [1.82, 2.24) is 5.32 Å². The maximum atomic E-state index is 5.65. The molecule has 0 aromatic heterocycles. The van der Waals surface area contributed by atoms with E-state index in [9.17, 15) is 0 Å². The van der Waals surface area contributed by atoms with Gasteiger partial charge in [-0.3, -0.25) is 0 Å². The van der Waals surface area contributed by atoms with Gasteiger partial charge in [0.15, 0.2) is 0 Å². The van der Waals surface area contributed by atoms with E-state index in [1.807, 2.05) is 6.07 Å². The van der Waals surface area contributed by atoms with E-state index in [0.717, 1.165) is 24.2 Å². The van der Waals surface area contributed by atoms with Crippen molar-refractivity contribution in [1.29, 1.82) is 0 Å². The molecule has 1 aliphatic rings. The second-order valence-corrected chi connectivity index (χ2v) is 5.69. The Balaban J connectivity index is 1.71. The highest BCUT2D eigenvalue weighted by Gasteiger charge is 2.19. The highest BCUT2D eigenvalue weighted by atomic mass is 79.9. The van der Waals surface area contributed by atoms with E-state index < -0.39 is 0 Å². The van der Waals surface area contributed by atoms with Crippen LogP contribution >= 0.6 is 15.9 Å². The molecule has 2 aromatic rings. The van der Waals surface area contributed by atoms with E-state index in [-0.39, 0.29) is 6.04 Å². The van der Waals surface area contributed by atoms with Gasteiger partial charge in [-0.2, -0.15) is 0 Å². The number of rotatable bonds is 3. The van der Waals surface area contributed by atoms with Gasteiger partial charge in [0.2, 0.25) is 0 Å². The second kappa shape index (κ2) is 5.87. The van der Waals surface area contributed by atoms with E-state index in [1.165, 1.54) is 16.7 Å². The Morgan fingerprint density at radius 1 is 1.16 bits per heavy atom. The van der Waals surface area contributed by atoms with Gasteiger partial charge in [-0.25, -0.2) is 0 Å². The molecule has 1 unspecified atom stereocenters. The van der Waals surface area contributed by atoms with Crippen molar-refractivity contribution in [2.24, 2.45) is 0 Å². The number of ether oxygens (including phenoxy) is 1. The average molecular weight is 318 g/mol. The molecule has 0 fully saturated rings. The Bertz CT molecular complexity index is 570. The molecule has 1 aliphatic heterocycles. The van der Waals surface area contributed by atoms with Crippen molar-refractivity contribution in [2.75, 3.05) is 6.61 Å². The third kappa shape index (κ3) is 3.06. The van der Waals surface area contributed by atoms with Crippen molar-refractivity contribution in [3.8, 4) is 0 Å². The number of benzene rings is 2. The molecular weight excluding hydrogens is 302 g/mol. The minimum absolute atomic E-state index is 0.281. The molecule has 0 radical (unpaired) electrons. The molecule has 3 heteroatoms. The summed E-state index contributed by atoms with van der Waals surface area (Å²) in [6.45, 7) is 2.32. The third-order valence-electron chi connectivity index (χ3n) is 3.41. The molecule has 0 amide bonds. The van der Waals surface area contributed by atoms with Crippen LogP contribution in [0.1, 0.15) is 22.7 Å². The zero-order chi connectivity index (χ0) is 13.1. The molecule has 19 heavy (non-hydrogen) atoms. The Hall–Kier alpha value is -1.16. The Morgan fingerprint density at radius 3 is 2.95 bits per heavy atom. The molecule has 1 atom stereocenters. The first-order valence-corrected chi connectivity index (χ1v) is 7.25. The van der Waals surface area contributed by atoms with Crippen molar-refractivity contribution in [3.05, 3.63) is 69.7 Å². The summed E-state index contributed by atoms with van der Waals surface area (Å²) in [6.07, 6.45) is 0. The lowest BCUT2D eigenvalue weighted by Gasteiger charge is -2.26. The van der Waals surface area contributed by atoms with Crippen molar-refractivity contribution >= 4 is 15.9 Å². The zero-order valence-electron chi connectivity index (χ0n) is 10.6. The topological polar surface area (TPSA) is 21.3 Å². The summed E-state index contributed by atoms with van der Waals surface area (Å²) in [5.74, 6) is 0. The van der Waals surface area contributed by atoms with Crippen molar-refractivity contribution in [2.45, 2.75) is 19.2 Å². The average Bonchev–Trinajstić information content (AvgIpc) is 2.45. The predicted octanol–water partition coefficient (Wildman–Crippen LogP) is 3.81. The minimum atomic E-state index is 0.281. The normalized spacial score (nSPS) is 18.1. The molecule has 0 spiro atoms. The summed E-state index contributed by atoms with van der Waals surface area (Å²) in [5, 5.41) is 3.58. The number of hydrogen-bond donors (Lipinski definition) is 1. The van der Waals surface area contributed by atoms with Gasteiger partial charge in [-0.1, -0.05) is 52.3 Å². The summed E-state index contributed by atoms with van der Waals surface area (Å²) in [6, 6.07) is 17.2. The smallest absolute Gasteiger partial charge is 0.0721 e. The summed E-state index contributed by atoms with van der Waals surface area (Å²) >= 11 is 3.50. The maximum absolute atomic E-state index is 5.65. The number of halogens is 1. The molecule has 0 saturated carbocycles. The molecule has 2 aromatic carbocycles. The molecule has 0 aliphatic carbocycles. The van der Waals surface area contributed by atoms with Crippen LogP contribution in [-0.2, 0) is 17.9 Å². The molecular formula is C16H16BrNO. The van der Waals surface area contributed by atoms with Gasteiger partial charge in [0, 0.05) is 11.0 Å². The van der Waals surface area contributed by atoms with E-state index in [4.69, 9.17) is 4.74 Å². The van der Waals surface area contributed by atoms with Crippen LogP contribution in [0.3, 0.4) is 0 Å². The Kier molecular flexibility index (Phi) is 3.97. The summed E-state index contributed by atoms with van der Waals surface area (Å²) in [4.78, 5) is 0. The van der Waals surface area contributed by atoms with E-state index in [0.29, 0.717) is 0 Å². The minimum Gasteiger partial charge on any atom is -0.375 e. The van der Waals surface area contributed by atoms with Crippen LogP contribution in [-0.4, -0.2) is 6.61 Å². The zero-order valence-corrected chi connectivity index (χ0v) is 12.2.